The van der Waals surface area contributed by atoms with Crippen LogP contribution >= 0.6 is 0 Å². The molecule has 2 N–H and O–H groups in total. The van der Waals surface area contributed by atoms with Crippen molar-refractivity contribution < 1.29 is 14.4 Å². The maximum atomic E-state index is 12.0. The highest BCUT2D eigenvalue weighted by atomic mass is 16.6. The average molecular weight is 328 g/mol. The molecule has 2 rings (SSSR count). The number of carbonyl (C=O) groups excluding carboxylic acids is 1. The van der Waals surface area contributed by atoms with Crippen LogP contribution in [0.1, 0.15) is 31.9 Å². The van der Waals surface area contributed by atoms with Gasteiger partial charge in [-0.05, 0) is 70.0 Å². The number of ether oxygens (including phenoxy) is 1. The monoisotopic (exact) mass is 328 g/mol. The van der Waals surface area contributed by atoms with Gasteiger partial charge in [0.2, 0.25) is 0 Å². The molecule has 0 aliphatic carbocycles. The largest absolute Gasteiger partial charge is 0.444 e. The van der Waals surface area contributed by atoms with Crippen LogP contribution < -0.4 is 15.6 Å². The van der Waals surface area contributed by atoms with Crippen LogP contribution in [-0.4, -0.2) is 11.7 Å². The molecule has 0 bridgehead atoms. The van der Waals surface area contributed by atoms with E-state index in [9.17, 15) is 4.79 Å². The van der Waals surface area contributed by atoms with Gasteiger partial charge in [0.15, 0.2) is 5.75 Å². The normalized spacial score (nSPS) is 10.9. The third-order valence-electron chi connectivity index (χ3n) is 3.19. The van der Waals surface area contributed by atoms with Crippen LogP contribution in [0, 0.1) is 13.8 Å². The molecule has 1 amide bonds. The SMILES string of the molecule is Cc1cc(ONc2ccccc2)cc(C)c1NC(=O)OC(C)(C)C. The fourth-order valence-electron chi connectivity index (χ4n) is 2.21. The predicted molar refractivity (Wildman–Crippen MR) is 96.5 cm³/mol. The minimum absolute atomic E-state index is 0.468. The molecule has 128 valence electrons. The summed E-state index contributed by atoms with van der Waals surface area (Å²) in [6.45, 7) is 9.32. The zero-order valence-electron chi connectivity index (χ0n) is 14.8. The molecule has 0 heterocycles. The van der Waals surface area contributed by atoms with E-state index in [1.807, 2.05) is 77.1 Å². The molecule has 0 radical (unpaired) electrons. The van der Waals surface area contributed by atoms with Crippen LogP contribution in [0.5, 0.6) is 5.75 Å². The van der Waals surface area contributed by atoms with Crippen molar-refractivity contribution in [3.8, 4) is 5.75 Å². The van der Waals surface area contributed by atoms with Crippen LogP contribution in [0.4, 0.5) is 16.2 Å². The van der Waals surface area contributed by atoms with Crippen molar-refractivity contribution in [2.24, 2.45) is 0 Å². The lowest BCUT2D eigenvalue weighted by Crippen LogP contribution is -2.27. The molecule has 2 aromatic rings. The molecule has 0 unspecified atom stereocenters. The molecule has 5 heteroatoms. The second-order valence-electron chi connectivity index (χ2n) is 6.63. The summed E-state index contributed by atoms with van der Waals surface area (Å²) in [6.07, 6.45) is -0.468. The molecular formula is C19H24N2O3. The summed E-state index contributed by atoms with van der Waals surface area (Å²) >= 11 is 0. The number of amides is 1. The quantitative estimate of drug-likeness (QED) is 0.771. The molecule has 24 heavy (non-hydrogen) atoms. The van der Waals surface area contributed by atoms with Gasteiger partial charge in [0.05, 0.1) is 11.4 Å². The second kappa shape index (κ2) is 7.25. The molecule has 5 nitrogen and oxygen atoms in total. The first kappa shape index (κ1) is 17.7. The van der Waals surface area contributed by atoms with E-state index in [4.69, 9.17) is 9.57 Å². The van der Waals surface area contributed by atoms with Crippen molar-refractivity contribution in [1.29, 1.82) is 0 Å². The number of hydrogen-bond acceptors (Lipinski definition) is 4. The van der Waals surface area contributed by atoms with Gasteiger partial charge in [-0.25, -0.2) is 10.3 Å². The van der Waals surface area contributed by atoms with E-state index in [0.717, 1.165) is 22.5 Å². The fraction of sp³-hybridized carbons (Fsp3) is 0.316. The lowest BCUT2D eigenvalue weighted by Gasteiger charge is -2.21. The Labute approximate surface area is 142 Å². The van der Waals surface area contributed by atoms with E-state index in [2.05, 4.69) is 10.8 Å². The Morgan fingerprint density at radius 1 is 1.00 bits per heavy atom. The Kier molecular flexibility index (Phi) is 5.34. The standard InChI is InChI=1S/C19H24N2O3/c1-13-11-16(24-21-15-9-7-6-8-10-15)12-14(2)17(13)20-18(22)23-19(3,4)5/h6-12,21H,1-5H3,(H,20,22). The second-order valence-corrected chi connectivity index (χ2v) is 6.63. The first-order chi connectivity index (χ1) is 11.2. The van der Waals surface area contributed by atoms with Gasteiger partial charge in [-0.3, -0.25) is 5.32 Å². The minimum atomic E-state index is -0.533. The summed E-state index contributed by atoms with van der Waals surface area (Å²) < 4.78 is 5.29. The van der Waals surface area contributed by atoms with E-state index in [1.54, 1.807) is 0 Å². The Balaban J connectivity index is 2.06. The highest BCUT2D eigenvalue weighted by molar-refractivity contribution is 5.87. The maximum absolute atomic E-state index is 12.0. The van der Waals surface area contributed by atoms with Crippen LogP contribution in [0.2, 0.25) is 0 Å². The van der Waals surface area contributed by atoms with Gasteiger partial charge in [-0.2, -0.15) is 0 Å². The topological polar surface area (TPSA) is 59.6 Å². The molecule has 0 aromatic heterocycles. The van der Waals surface area contributed by atoms with Gasteiger partial charge in [0, 0.05) is 0 Å². The van der Waals surface area contributed by atoms with Gasteiger partial charge >= 0.3 is 6.09 Å². The van der Waals surface area contributed by atoms with E-state index in [1.165, 1.54) is 0 Å². The third-order valence-corrected chi connectivity index (χ3v) is 3.19. The van der Waals surface area contributed by atoms with Crippen molar-refractivity contribution in [1.82, 2.24) is 0 Å². The number of para-hydroxylation sites is 1. The summed E-state index contributed by atoms with van der Waals surface area (Å²) in [5, 5.41) is 2.80. The fourth-order valence-corrected chi connectivity index (χ4v) is 2.21. The first-order valence-corrected chi connectivity index (χ1v) is 7.84. The van der Waals surface area contributed by atoms with E-state index in [-0.39, 0.29) is 0 Å². The van der Waals surface area contributed by atoms with Gasteiger partial charge in [0.1, 0.15) is 5.60 Å². The number of rotatable bonds is 4. The number of anilines is 2. The van der Waals surface area contributed by atoms with Crippen LogP contribution in [0.25, 0.3) is 0 Å². The zero-order chi connectivity index (χ0) is 17.7. The van der Waals surface area contributed by atoms with Crippen LogP contribution in [0.3, 0.4) is 0 Å². The van der Waals surface area contributed by atoms with Crippen molar-refractivity contribution >= 4 is 17.5 Å². The predicted octanol–water partition coefficient (Wildman–Crippen LogP) is 5.06. The maximum Gasteiger partial charge on any atom is 0.412 e. The van der Waals surface area contributed by atoms with Crippen molar-refractivity contribution in [3.63, 3.8) is 0 Å². The smallest absolute Gasteiger partial charge is 0.412 e. The highest BCUT2D eigenvalue weighted by Gasteiger charge is 2.18. The molecule has 0 fully saturated rings. The van der Waals surface area contributed by atoms with Crippen molar-refractivity contribution in [2.75, 3.05) is 10.8 Å². The third kappa shape index (κ3) is 5.19. The molecule has 0 atom stereocenters. The summed E-state index contributed by atoms with van der Waals surface area (Å²) in [4.78, 5) is 17.6. The molecule has 2 aromatic carbocycles. The van der Waals surface area contributed by atoms with Crippen LogP contribution in [0.15, 0.2) is 42.5 Å². The number of aryl methyl sites for hydroxylation is 2. The number of carbonyl (C=O) groups is 1. The first-order valence-electron chi connectivity index (χ1n) is 7.84. The number of hydrogen-bond donors (Lipinski definition) is 2. The molecule has 0 saturated carbocycles. The summed E-state index contributed by atoms with van der Waals surface area (Å²) in [7, 11) is 0. The summed E-state index contributed by atoms with van der Waals surface area (Å²) in [6, 6.07) is 13.3. The van der Waals surface area contributed by atoms with Gasteiger partial charge in [0.25, 0.3) is 0 Å². The molecule has 0 aliphatic rings. The summed E-state index contributed by atoms with van der Waals surface area (Å²) in [5.74, 6) is 0.670. The molecular weight excluding hydrogens is 304 g/mol. The average Bonchev–Trinajstić information content (AvgIpc) is 2.48. The Morgan fingerprint density at radius 2 is 1.58 bits per heavy atom. The number of benzene rings is 2. The Bertz CT molecular complexity index is 683. The minimum Gasteiger partial charge on any atom is -0.444 e. The van der Waals surface area contributed by atoms with E-state index < -0.39 is 11.7 Å². The highest BCUT2D eigenvalue weighted by Crippen LogP contribution is 2.27. The van der Waals surface area contributed by atoms with Gasteiger partial charge < -0.3 is 9.57 Å². The zero-order valence-corrected chi connectivity index (χ0v) is 14.8. The summed E-state index contributed by atoms with van der Waals surface area (Å²) in [5.41, 5.74) is 5.75. The van der Waals surface area contributed by atoms with Gasteiger partial charge in [-0.1, -0.05) is 18.2 Å². The Morgan fingerprint density at radius 3 is 2.12 bits per heavy atom. The number of nitrogens with one attached hydrogen (secondary N) is 2. The van der Waals surface area contributed by atoms with Crippen LogP contribution in [-0.2, 0) is 4.74 Å². The molecule has 0 spiro atoms. The Hall–Kier alpha value is -2.69. The van der Waals surface area contributed by atoms with E-state index >= 15 is 0 Å². The van der Waals surface area contributed by atoms with Crippen molar-refractivity contribution in [3.05, 3.63) is 53.6 Å². The lowest BCUT2D eigenvalue weighted by molar-refractivity contribution is 0.0635. The van der Waals surface area contributed by atoms with Gasteiger partial charge in [-0.15, -0.1) is 0 Å². The molecule has 0 saturated heterocycles. The molecule has 0 aliphatic heterocycles. The lowest BCUT2D eigenvalue weighted by atomic mass is 10.1. The van der Waals surface area contributed by atoms with Crippen molar-refractivity contribution in [2.45, 2.75) is 40.2 Å². The van der Waals surface area contributed by atoms with E-state index in [0.29, 0.717) is 5.75 Å².